The summed E-state index contributed by atoms with van der Waals surface area (Å²) in [5, 5.41) is 0. The van der Waals surface area contributed by atoms with Gasteiger partial charge in [-0.2, -0.15) is 0 Å². The number of nitrogens with zero attached hydrogens (tertiary/aromatic N) is 1. The van der Waals surface area contributed by atoms with E-state index in [4.69, 9.17) is 4.74 Å². The van der Waals surface area contributed by atoms with E-state index in [0.717, 1.165) is 13.1 Å². The summed E-state index contributed by atoms with van der Waals surface area (Å²) in [6, 6.07) is 0. The van der Waals surface area contributed by atoms with E-state index in [1.54, 1.807) is 0 Å². The number of ether oxygens (including phenoxy) is 1. The fraction of sp³-hybridized carbons (Fsp3) is 1.00. The van der Waals surface area contributed by atoms with Gasteiger partial charge in [-0.1, -0.05) is 0 Å². The summed E-state index contributed by atoms with van der Waals surface area (Å²) in [6.07, 6.45) is -0.177. The lowest BCUT2D eigenvalue weighted by atomic mass is 10.3. The van der Waals surface area contributed by atoms with Gasteiger partial charge in [0.15, 0.2) is 0 Å². The molecule has 1 rings (SSSR count). The Labute approximate surface area is 54.6 Å². The second-order valence-electron chi connectivity index (χ2n) is 2.41. The first kappa shape index (κ1) is 6.96. The van der Waals surface area contributed by atoms with Gasteiger partial charge in [0, 0.05) is 13.1 Å². The second kappa shape index (κ2) is 3.13. The highest BCUT2D eigenvalue weighted by molar-refractivity contribution is 4.66. The van der Waals surface area contributed by atoms with Crippen LogP contribution in [0.3, 0.4) is 0 Å². The third kappa shape index (κ3) is 1.91. The number of morpholine rings is 1. The Morgan fingerprint density at radius 3 is 3.00 bits per heavy atom. The van der Waals surface area contributed by atoms with Crippen LogP contribution < -0.4 is 0 Å². The van der Waals surface area contributed by atoms with Crippen LogP contribution in [0.25, 0.3) is 0 Å². The average Bonchev–Trinajstić information content (AvgIpc) is 1.88. The van der Waals surface area contributed by atoms with Crippen molar-refractivity contribution in [3.63, 3.8) is 0 Å². The molecule has 1 saturated heterocycles. The third-order valence-corrected chi connectivity index (χ3v) is 1.51. The van der Waals surface area contributed by atoms with Crippen LogP contribution in [0.5, 0.6) is 0 Å². The Morgan fingerprint density at radius 2 is 2.56 bits per heavy atom. The van der Waals surface area contributed by atoms with Gasteiger partial charge in [0.05, 0.1) is 12.7 Å². The van der Waals surface area contributed by atoms with Crippen molar-refractivity contribution in [2.24, 2.45) is 0 Å². The predicted octanol–water partition coefficient (Wildman–Crippen LogP) is 0.286. The van der Waals surface area contributed by atoms with E-state index in [1.807, 2.05) is 7.05 Å². The second-order valence-corrected chi connectivity index (χ2v) is 2.41. The molecule has 0 N–H and O–H groups in total. The van der Waals surface area contributed by atoms with Crippen molar-refractivity contribution in [2.75, 3.05) is 33.4 Å². The lowest BCUT2D eigenvalue weighted by Crippen LogP contribution is -2.40. The molecule has 0 aromatic heterocycles. The summed E-state index contributed by atoms with van der Waals surface area (Å²) in [4.78, 5) is 2.08. The largest absolute Gasteiger partial charge is 0.373 e. The molecule has 1 aliphatic heterocycles. The first-order valence-corrected chi connectivity index (χ1v) is 3.19. The molecule has 54 valence electrons. The zero-order valence-corrected chi connectivity index (χ0v) is 5.64. The smallest absolute Gasteiger partial charge is 0.117 e. The lowest BCUT2D eigenvalue weighted by Gasteiger charge is -2.27. The zero-order chi connectivity index (χ0) is 6.69. The van der Waals surface area contributed by atoms with Gasteiger partial charge >= 0.3 is 0 Å². The van der Waals surface area contributed by atoms with Crippen LogP contribution in [-0.4, -0.2) is 44.4 Å². The molecule has 1 fully saturated rings. The molecule has 0 saturated carbocycles. The topological polar surface area (TPSA) is 12.5 Å². The number of hydrogen-bond donors (Lipinski definition) is 0. The Morgan fingerprint density at radius 1 is 1.78 bits per heavy atom. The Balaban J connectivity index is 2.23. The highest BCUT2D eigenvalue weighted by atomic mass is 19.1. The molecule has 9 heavy (non-hydrogen) atoms. The SMILES string of the molecule is CN1CCOC(CF)C1. The molecule has 0 aromatic rings. The van der Waals surface area contributed by atoms with Crippen molar-refractivity contribution >= 4 is 0 Å². The van der Waals surface area contributed by atoms with E-state index >= 15 is 0 Å². The van der Waals surface area contributed by atoms with Crippen molar-refractivity contribution in [1.29, 1.82) is 0 Å². The molecule has 0 aromatic carbocycles. The van der Waals surface area contributed by atoms with Crippen molar-refractivity contribution in [3.05, 3.63) is 0 Å². The highest BCUT2D eigenvalue weighted by Crippen LogP contribution is 2.02. The molecule has 0 radical (unpaired) electrons. The molecule has 3 heteroatoms. The van der Waals surface area contributed by atoms with Gasteiger partial charge in [0.2, 0.25) is 0 Å². The minimum atomic E-state index is -0.357. The summed E-state index contributed by atoms with van der Waals surface area (Å²) < 4.78 is 17.0. The summed E-state index contributed by atoms with van der Waals surface area (Å²) in [5.74, 6) is 0. The Hall–Kier alpha value is -0.150. The quantitative estimate of drug-likeness (QED) is 0.509. The molecule has 1 atom stereocenters. The fourth-order valence-corrected chi connectivity index (χ4v) is 0.960. The molecule has 1 heterocycles. The lowest BCUT2D eigenvalue weighted by molar-refractivity contribution is -0.0303. The van der Waals surface area contributed by atoms with Gasteiger partial charge in [-0.25, -0.2) is 4.39 Å². The predicted molar refractivity (Wildman–Crippen MR) is 33.2 cm³/mol. The van der Waals surface area contributed by atoms with Crippen LogP contribution in [0.15, 0.2) is 0 Å². The van der Waals surface area contributed by atoms with E-state index in [-0.39, 0.29) is 12.8 Å². The Bertz CT molecular complexity index is 89.1. The summed E-state index contributed by atoms with van der Waals surface area (Å²) in [5.41, 5.74) is 0. The number of halogens is 1. The van der Waals surface area contributed by atoms with Crippen LogP contribution in [-0.2, 0) is 4.74 Å². The molecule has 1 aliphatic rings. The van der Waals surface area contributed by atoms with Gasteiger partial charge in [-0.3, -0.25) is 0 Å². The summed E-state index contributed by atoms with van der Waals surface area (Å²) in [7, 11) is 1.98. The van der Waals surface area contributed by atoms with E-state index in [9.17, 15) is 4.39 Å². The Kier molecular flexibility index (Phi) is 2.42. The number of alkyl halides is 1. The first-order valence-electron chi connectivity index (χ1n) is 3.19. The van der Waals surface area contributed by atoms with Crippen LogP contribution in [0.2, 0.25) is 0 Å². The van der Waals surface area contributed by atoms with E-state index in [2.05, 4.69) is 4.90 Å². The minimum Gasteiger partial charge on any atom is -0.373 e. The van der Waals surface area contributed by atoms with Crippen molar-refractivity contribution in [2.45, 2.75) is 6.10 Å². The summed E-state index contributed by atoms with van der Waals surface area (Å²) in [6.45, 7) is 1.97. The van der Waals surface area contributed by atoms with Gasteiger partial charge in [0.25, 0.3) is 0 Å². The van der Waals surface area contributed by atoms with Gasteiger partial charge < -0.3 is 9.64 Å². The normalized spacial score (nSPS) is 30.7. The van der Waals surface area contributed by atoms with Gasteiger partial charge in [-0.15, -0.1) is 0 Å². The van der Waals surface area contributed by atoms with Gasteiger partial charge in [0.1, 0.15) is 6.67 Å². The zero-order valence-electron chi connectivity index (χ0n) is 5.64. The molecule has 1 unspecified atom stereocenters. The third-order valence-electron chi connectivity index (χ3n) is 1.51. The maximum atomic E-state index is 11.9. The van der Waals surface area contributed by atoms with Crippen molar-refractivity contribution in [1.82, 2.24) is 4.90 Å². The number of rotatable bonds is 1. The van der Waals surface area contributed by atoms with Gasteiger partial charge in [-0.05, 0) is 7.05 Å². The van der Waals surface area contributed by atoms with Crippen molar-refractivity contribution < 1.29 is 9.13 Å². The van der Waals surface area contributed by atoms with Crippen LogP contribution in [0.1, 0.15) is 0 Å². The van der Waals surface area contributed by atoms with E-state index < -0.39 is 0 Å². The highest BCUT2D eigenvalue weighted by Gasteiger charge is 2.16. The monoisotopic (exact) mass is 133 g/mol. The number of likely N-dealkylation sites (N-methyl/N-ethyl adjacent to an activating group) is 1. The average molecular weight is 133 g/mol. The maximum absolute atomic E-state index is 11.9. The molecular weight excluding hydrogens is 121 g/mol. The molecule has 0 bridgehead atoms. The molecule has 0 amide bonds. The maximum Gasteiger partial charge on any atom is 0.117 e. The standard InChI is InChI=1S/C6H12FNO/c1-8-2-3-9-6(4-7)5-8/h6H,2-5H2,1H3. The first-order chi connectivity index (χ1) is 4.33. The van der Waals surface area contributed by atoms with E-state index in [1.165, 1.54) is 0 Å². The molecule has 2 nitrogen and oxygen atoms in total. The fourth-order valence-electron chi connectivity index (χ4n) is 0.960. The molecule has 0 spiro atoms. The minimum absolute atomic E-state index is 0.177. The van der Waals surface area contributed by atoms with Crippen LogP contribution in [0.4, 0.5) is 4.39 Å². The van der Waals surface area contributed by atoms with Crippen LogP contribution in [0, 0.1) is 0 Å². The van der Waals surface area contributed by atoms with E-state index in [0.29, 0.717) is 6.61 Å². The molecule has 0 aliphatic carbocycles. The van der Waals surface area contributed by atoms with Crippen molar-refractivity contribution in [3.8, 4) is 0 Å². The van der Waals surface area contributed by atoms with Crippen LogP contribution >= 0.6 is 0 Å². The number of hydrogen-bond acceptors (Lipinski definition) is 2. The summed E-state index contributed by atoms with van der Waals surface area (Å²) >= 11 is 0. The molecular formula is C6H12FNO.